The summed E-state index contributed by atoms with van der Waals surface area (Å²) in [6.45, 7) is 6.26. The number of pyridine rings is 1. The molecule has 0 radical (unpaired) electrons. The van der Waals surface area contributed by atoms with Crippen LogP contribution in [0.1, 0.15) is 23.6 Å². The Balaban J connectivity index is 2.30. The van der Waals surface area contributed by atoms with Crippen molar-refractivity contribution in [1.29, 1.82) is 0 Å². The molecule has 0 aliphatic carbocycles. The summed E-state index contributed by atoms with van der Waals surface area (Å²) in [4.78, 5) is 17.7. The van der Waals surface area contributed by atoms with Crippen molar-refractivity contribution in [3.63, 3.8) is 0 Å². The number of anilines is 1. The smallest absolute Gasteiger partial charge is 0.224 e. The molecule has 98 valence electrons. The third-order valence-electron chi connectivity index (χ3n) is 3.25. The molecule has 0 bridgehead atoms. The van der Waals surface area contributed by atoms with Crippen molar-refractivity contribution in [1.82, 2.24) is 4.98 Å². The summed E-state index contributed by atoms with van der Waals surface area (Å²) in [7, 11) is 0. The Labute approximate surface area is 113 Å². The van der Waals surface area contributed by atoms with Crippen molar-refractivity contribution in [3.8, 4) is 0 Å². The number of carbonyl (C=O) groups excluding carboxylic acids is 1. The van der Waals surface area contributed by atoms with Crippen molar-refractivity contribution in [2.45, 2.75) is 27.3 Å². The molecule has 1 amide bonds. The average Bonchev–Trinajstić information content (AvgIpc) is 2.40. The molecule has 2 aromatic rings. The van der Waals surface area contributed by atoms with E-state index in [0.717, 1.165) is 11.3 Å². The largest absolute Gasteiger partial charge is 0.308 e. The third-order valence-corrected chi connectivity index (χ3v) is 3.25. The van der Waals surface area contributed by atoms with Gasteiger partial charge in [0.25, 0.3) is 0 Å². The number of aromatic nitrogens is 1. The molecule has 0 unspecified atom stereocenters. The number of amides is 1. The van der Waals surface area contributed by atoms with Crippen molar-refractivity contribution in [2.24, 2.45) is 0 Å². The second-order valence-corrected chi connectivity index (χ2v) is 4.73. The molecule has 0 atom stereocenters. The molecule has 2 rings (SSSR count). The van der Waals surface area contributed by atoms with E-state index in [9.17, 15) is 4.79 Å². The molecule has 19 heavy (non-hydrogen) atoms. The van der Waals surface area contributed by atoms with Crippen LogP contribution in [0.3, 0.4) is 0 Å². The Morgan fingerprint density at radius 1 is 1.21 bits per heavy atom. The third kappa shape index (κ3) is 3.19. The second kappa shape index (κ2) is 5.65. The highest BCUT2D eigenvalue weighted by atomic mass is 16.2. The summed E-state index contributed by atoms with van der Waals surface area (Å²) in [5.41, 5.74) is 4.37. The van der Waals surface area contributed by atoms with Crippen molar-refractivity contribution in [3.05, 3.63) is 59.4 Å². The van der Waals surface area contributed by atoms with E-state index in [2.05, 4.69) is 18.8 Å². The number of rotatable bonds is 3. The highest BCUT2D eigenvalue weighted by Crippen LogP contribution is 2.20. The van der Waals surface area contributed by atoms with Gasteiger partial charge in [-0.15, -0.1) is 0 Å². The van der Waals surface area contributed by atoms with Gasteiger partial charge in [0.2, 0.25) is 5.91 Å². The molecular weight excluding hydrogens is 236 g/mol. The van der Waals surface area contributed by atoms with Crippen molar-refractivity contribution < 1.29 is 4.79 Å². The summed E-state index contributed by atoms with van der Waals surface area (Å²) < 4.78 is 0. The van der Waals surface area contributed by atoms with Gasteiger partial charge in [0, 0.05) is 25.0 Å². The van der Waals surface area contributed by atoms with E-state index in [1.54, 1.807) is 24.2 Å². The standard InChI is InChI=1S/C16H18N2O/c1-12-6-7-16(9-13(12)2)18(14(3)19)11-15-5-4-8-17-10-15/h4-10H,11H2,1-3H3. The predicted octanol–water partition coefficient (Wildman–Crippen LogP) is 3.25. The predicted molar refractivity (Wildman–Crippen MR) is 77.0 cm³/mol. The minimum Gasteiger partial charge on any atom is -0.308 e. The van der Waals surface area contributed by atoms with Crippen molar-refractivity contribution >= 4 is 11.6 Å². The Hall–Kier alpha value is -2.16. The van der Waals surface area contributed by atoms with Crippen LogP contribution in [0.15, 0.2) is 42.7 Å². The van der Waals surface area contributed by atoms with E-state index in [1.807, 2.05) is 30.3 Å². The van der Waals surface area contributed by atoms with Gasteiger partial charge in [0.15, 0.2) is 0 Å². The maximum Gasteiger partial charge on any atom is 0.224 e. The molecule has 0 saturated heterocycles. The fraction of sp³-hybridized carbons (Fsp3) is 0.250. The van der Waals surface area contributed by atoms with Crippen LogP contribution in [0.4, 0.5) is 5.69 Å². The Kier molecular flexibility index (Phi) is 3.95. The topological polar surface area (TPSA) is 33.2 Å². The fourth-order valence-corrected chi connectivity index (χ4v) is 1.95. The Morgan fingerprint density at radius 2 is 2.00 bits per heavy atom. The molecule has 0 aliphatic heterocycles. The number of aryl methyl sites for hydroxylation is 2. The van der Waals surface area contributed by atoms with Crippen molar-refractivity contribution in [2.75, 3.05) is 4.90 Å². The van der Waals surface area contributed by atoms with Gasteiger partial charge < -0.3 is 4.90 Å². The van der Waals surface area contributed by atoms with Gasteiger partial charge in [-0.3, -0.25) is 9.78 Å². The number of benzene rings is 1. The summed E-state index contributed by atoms with van der Waals surface area (Å²) in [5, 5.41) is 0. The minimum atomic E-state index is 0.0344. The zero-order chi connectivity index (χ0) is 13.8. The highest BCUT2D eigenvalue weighted by molar-refractivity contribution is 5.91. The molecule has 3 nitrogen and oxygen atoms in total. The number of nitrogens with zero attached hydrogens (tertiary/aromatic N) is 2. The van der Waals surface area contributed by atoms with E-state index in [-0.39, 0.29) is 5.91 Å². The first-order chi connectivity index (χ1) is 9.08. The lowest BCUT2D eigenvalue weighted by Crippen LogP contribution is -2.27. The van der Waals surface area contributed by atoms with Gasteiger partial charge in [0.1, 0.15) is 0 Å². The molecule has 0 aliphatic rings. The van der Waals surface area contributed by atoms with Crippen LogP contribution < -0.4 is 4.90 Å². The highest BCUT2D eigenvalue weighted by Gasteiger charge is 2.12. The lowest BCUT2D eigenvalue weighted by atomic mass is 10.1. The summed E-state index contributed by atoms with van der Waals surface area (Å²) in [6.07, 6.45) is 3.52. The number of hydrogen-bond acceptors (Lipinski definition) is 2. The van der Waals surface area contributed by atoms with Crippen LogP contribution in [-0.2, 0) is 11.3 Å². The van der Waals surface area contributed by atoms with Crippen LogP contribution in [0.25, 0.3) is 0 Å². The molecule has 1 aromatic heterocycles. The van der Waals surface area contributed by atoms with Crippen LogP contribution in [0.5, 0.6) is 0 Å². The van der Waals surface area contributed by atoms with Gasteiger partial charge in [-0.25, -0.2) is 0 Å². The maximum atomic E-state index is 11.9. The van der Waals surface area contributed by atoms with Gasteiger partial charge in [-0.2, -0.15) is 0 Å². The van der Waals surface area contributed by atoms with Gasteiger partial charge in [0.05, 0.1) is 6.54 Å². The Morgan fingerprint density at radius 3 is 2.58 bits per heavy atom. The van der Waals surface area contributed by atoms with E-state index in [1.165, 1.54) is 11.1 Å². The molecule has 1 heterocycles. The van der Waals surface area contributed by atoms with Crippen LogP contribution >= 0.6 is 0 Å². The molecule has 1 aromatic carbocycles. The monoisotopic (exact) mass is 254 g/mol. The lowest BCUT2D eigenvalue weighted by molar-refractivity contribution is -0.116. The lowest BCUT2D eigenvalue weighted by Gasteiger charge is -2.22. The average molecular weight is 254 g/mol. The SMILES string of the molecule is CC(=O)N(Cc1cccnc1)c1ccc(C)c(C)c1. The zero-order valence-electron chi connectivity index (χ0n) is 11.6. The Bertz CT molecular complexity index is 579. The summed E-state index contributed by atoms with van der Waals surface area (Å²) in [6, 6.07) is 9.94. The fourth-order valence-electron chi connectivity index (χ4n) is 1.95. The van der Waals surface area contributed by atoms with E-state index >= 15 is 0 Å². The first-order valence-corrected chi connectivity index (χ1v) is 6.32. The maximum absolute atomic E-state index is 11.9. The molecule has 0 saturated carbocycles. The van der Waals surface area contributed by atoms with E-state index in [4.69, 9.17) is 0 Å². The minimum absolute atomic E-state index is 0.0344. The molecule has 0 spiro atoms. The molecule has 0 N–H and O–H groups in total. The first kappa shape index (κ1) is 13.3. The quantitative estimate of drug-likeness (QED) is 0.842. The summed E-state index contributed by atoms with van der Waals surface area (Å²) in [5.74, 6) is 0.0344. The molecule has 3 heteroatoms. The van der Waals surface area contributed by atoms with Gasteiger partial charge in [-0.05, 0) is 48.7 Å². The number of hydrogen-bond donors (Lipinski definition) is 0. The molecule has 0 fully saturated rings. The van der Waals surface area contributed by atoms with E-state index in [0.29, 0.717) is 6.54 Å². The second-order valence-electron chi connectivity index (χ2n) is 4.73. The van der Waals surface area contributed by atoms with Crippen LogP contribution in [0.2, 0.25) is 0 Å². The number of carbonyl (C=O) groups is 1. The normalized spacial score (nSPS) is 10.3. The zero-order valence-corrected chi connectivity index (χ0v) is 11.6. The van der Waals surface area contributed by atoms with Crippen LogP contribution in [0, 0.1) is 13.8 Å². The van der Waals surface area contributed by atoms with E-state index < -0.39 is 0 Å². The molecular formula is C16H18N2O. The summed E-state index contributed by atoms with van der Waals surface area (Å²) >= 11 is 0. The van der Waals surface area contributed by atoms with Crippen LogP contribution in [-0.4, -0.2) is 10.9 Å². The van der Waals surface area contributed by atoms with Gasteiger partial charge >= 0.3 is 0 Å². The first-order valence-electron chi connectivity index (χ1n) is 6.32. The van der Waals surface area contributed by atoms with Gasteiger partial charge in [-0.1, -0.05) is 12.1 Å².